The lowest BCUT2D eigenvalue weighted by Gasteiger charge is -2.16. The largest absolute Gasteiger partial charge is 0.468 e. The number of aromatic nitrogens is 2. The molecule has 0 bridgehead atoms. The third-order valence-corrected chi connectivity index (χ3v) is 4.02. The number of carbonyl (C=O) groups excluding carboxylic acids is 1. The van der Waals surface area contributed by atoms with Crippen LogP contribution in [0.3, 0.4) is 0 Å². The highest BCUT2D eigenvalue weighted by Crippen LogP contribution is 2.17. The van der Waals surface area contributed by atoms with Gasteiger partial charge in [-0.2, -0.15) is 9.82 Å². The number of H-pyrrole nitrogens is 1. The van der Waals surface area contributed by atoms with E-state index < -0.39 is 22.0 Å². The number of hydrogen-bond acceptors (Lipinski definition) is 5. The molecular formula is C12H13N3O4S. The Kier molecular flexibility index (Phi) is 4.16. The normalized spacial score (nSPS) is 12.8. The first-order valence-corrected chi connectivity index (χ1v) is 7.17. The van der Waals surface area contributed by atoms with E-state index in [4.69, 9.17) is 0 Å². The third kappa shape index (κ3) is 3.03. The number of rotatable bonds is 5. The van der Waals surface area contributed by atoms with Gasteiger partial charge in [0.2, 0.25) is 10.0 Å². The van der Waals surface area contributed by atoms with Crippen LogP contribution in [0, 0.1) is 0 Å². The molecule has 1 atom stereocenters. The van der Waals surface area contributed by atoms with Crippen molar-refractivity contribution in [3.05, 3.63) is 48.3 Å². The Bertz CT molecular complexity index is 668. The summed E-state index contributed by atoms with van der Waals surface area (Å²) in [5.74, 6) is -0.691. The molecule has 0 spiro atoms. The summed E-state index contributed by atoms with van der Waals surface area (Å²) in [4.78, 5) is 11.7. The van der Waals surface area contributed by atoms with E-state index in [2.05, 4.69) is 19.7 Å². The second-order valence-electron chi connectivity index (χ2n) is 3.92. The van der Waals surface area contributed by atoms with E-state index in [0.717, 1.165) is 6.20 Å². The topological polar surface area (TPSA) is 101 Å². The SMILES string of the molecule is COC(=O)C(NS(=O)(=O)c1cn[nH]c1)c1ccccc1. The third-order valence-electron chi connectivity index (χ3n) is 2.63. The van der Waals surface area contributed by atoms with Gasteiger partial charge >= 0.3 is 5.97 Å². The molecule has 1 aromatic heterocycles. The highest BCUT2D eigenvalue weighted by atomic mass is 32.2. The number of ether oxygens (including phenoxy) is 1. The lowest BCUT2D eigenvalue weighted by molar-refractivity contribution is -0.142. The molecule has 2 N–H and O–H groups in total. The van der Waals surface area contributed by atoms with Crippen LogP contribution < -0.4 is 4.72 Å². The number of sulfonamides is 1. The number of esters is 1. The van der Waals surface area contributed by atoms with Crippen molar-refractivity contribution in [3.63, 3.8) is 0 Å². The number of methoxy groups -OCH3 is 1. The quantitative estimate of drug-likeness (QED) is 0.787. The van der Waals surface area contributed by atoms with Gasteiger partial charge in [-0.3, -0.25) is 5.10 Å². The zero-order valence-corrected chi connectivity index (χ0v) is 11.4. The van der Waals surface area contributed by atoms with Gasteiger partial charge in [-0.1, -0.05) is 30.3 Å². The molecule has 0 radical (unpaired) electrons. The molecule has 0 aliphatic rings. The van der Waals surface area contributed by atoms with Crippen LogP contribution in [0.4, 0.5) is 0 Å². The monoisotopic (exact) mass is 295 g/mol. The first-order chi connectivity index (χ1) is 9.54. The molecule has 8 heteroatoms. The van der Waals surface area contributed by atoms with Gasteiger partial charge in [-0.05, 0) is 5.56 Å². The van der Waals surface area contributed by atoms with Crippen LogP contribution in [0.25, 0.3) is 0 Å². The summed E-state index contributed by atoms with van der Waals surface area (Å²) in [7, 11) is -2.67. The molecule has 0 saturated heterocycles. The molecule has 0 aliphatic heterocycles. The zero-order valence-electron chi connectivity index (χ0n) is 10.6. The van der Waals surface area contributed by atoms with Gasteiger partial charge in [0.05, 0.1) is 13.3 Å². The average Bonchev–Trinajstić information content (AvgIpc) is 3.00. The van der Waals surface area contributed by atoms with Crippen molar-refractivity contribution in [1.29, 1.82) is 0 Å². The number of hydrogen-bond donors (Lipinski definition) is 2. The van der Waals surface area contributed by atoms with Crippen LogP contribution in [0.15, 0.2) is 47.6 Å². The van der Waals surface area contributed by atoms with E-state index in [9.17, 15) is 13.2 Å². The minimum Gasteiger partial charge on any atom is -0.468 e. The molecule has 0 saturated carbocycles. The Morgan fingerprint density at radius 1 is 1.35 bits per heavy atom. The van der Waals surface area contributed by atoms with Gasteiger partial charge in [-0.25, -0.2) is 13.2 Å². The Morgan fingerprint density at radius 3 is 2.60 bits per heavy atom. The van der Waals surface area contributed by atoms with Gasteiger partial charge in [0.25, 0.3) is 0 Å². The molecule has 0 amide bonds. The minimum atomic E-state index is -3.86. The molecule has 0 fully saturated rings. The smallest absolute Gasteiger partial charge is 0.328 e. The second kappa shape index (κ2) is 5.85. The predicted octanol–water partition coefficient (Wildman–Crippen LogP) is 0.602. The maximum absolute atomic E-state index is 12.1. The molecule has 7 nitrogen and oxygen atoms in total. The number of aromatic amines is 1. The first-order valence-electron chi connectivity index (χ1n) is 5.68. The maximum atomic E-state index is 12.1. The molecule has 0 aliphatic carbocycles. The van der Waals surface area contributed by atoms with E-state index >= 15 is 0 Å². The highest BCUT2D eigenvalue weighted by Gasteiger charge is 2.28. The van der Waals surface area contributed by atoms with Crippen molar-refractivity contribution in [1.82, 2.24) is 14.9 Å². The van der Waals surface area contributed by atoms with E-state index in [1.165, 1.54) is 13.3 Å². The lowest BCUT2D eigenvalue weighted by Crippen LogP contribution is -2.34. The first kappa shape index (κ1) is 14.2. The summed E-state index contributed by atoms with van der Waals surface area (Å²) < 4.78 is 31.2. The van der Waals surface area contributed by atoms with Crippen LogP contribution in [-0.2, 0) is 19.6 Å². The Labute approximate surface area is 116 Å². The lowest BCUT2D eigenvalue weighted by atomic mass is 10.1. The van der Waals surface area contributed by atoms with Crippen LogP contribution in [0.1, 0.15) is 11.6 Å². The number of nitrogens with one attached hydrogen (secondary N) is 2. The molecule has 1 aromatic carbocycles. The number of carbonyl (C=O) groups is 1. The molecule has 20 heavy (non-hydrogen) atoms. The van der Waals surface area contributed by atoms with Gasteiger partial charge in [0.1, 0.15) is 10.9 Å². The molecule has 2 aromatic rings. The Balaban J connectivity index is 2.33. The summed E-state index contributed by atoms with van der Waals surface area (Å²) in [5.41, 5.74) is 0.492. The van der Waals surface area contributed by atoms with Crippen molar-refractivity contribution in [2.24, 2.45) is 0 Å². The van der Waals surface area contributed by atoms with Crippen molar-refractivity contribution in [2.75, 3.05) is 7.11 Å². The van der Waals surface area contributed by atoms with Gasteiger partial charge in [0, 0.05) is 6.20 Å². The van der Waals surface area contributed by atoms with Gasteiger partial charge in [0.15, 0.2) is 0 Å². The van der Waals surface area contributed by atoms with Crippen molar-refractivity contribution < 1.29 is 17.9 Å². The minimum absolute atomic E-state index is 0.0534. The van der Waals surface area contributed by atoms with E-state index in [1.807, 2.05) is 0 Å². The van der Waals surface area contributed by atoms with Crippen molar-refractivity contribution in [3.8, 4) is 0 Å². The summed E-state index contributed by atoms with van der Waals surface area (Å²) in [5, 5.41) is 5.98. The van der Waals surface area contributed by atoms with E-state index in [1.54, 1.807) is 30.3 Å². The second-order valence-corrected chi connectivity index (χ2v) is 5.64. The van der Waals surface area contributed by atoms with Crippen LogP contribution in [0.5, 0.6) is 0 Å². The highest BCUT2D eigenvalue weighted by molar-refractivity contribution is 7.89. The maximum Gasteiger partial charge on any atom is 0.328 e. The van der Waals surface area contributed by atoms with E-state index in [0.29, 0.717) is 5.56 Å². The van der Waals surface area contributed by atoms with Crippen LogP contribution >= 0.6 is 0 Å². The number of nitrogens with zero attached hydrogens (tertiary/aromatic N) is 1. The molecule has 106 valence electrons. The summed E-state index contributed by atoms with van der Waals surface area (Å²) in [6.45, 7) is 0. The fourth-order valence-electron chi connectivity index (χ4n) is 1.62. The molecule has 2 rings (SSSR count). The van der Waals surface area contributed by atoms with Crippen molar-refractivity contribution >= 4 is 16.0 Å². The van der Waals surface area contributed by atoms with Crippen LogP contribution in [0.2, 0.25) is 0 Å². The zero-order chi connectivity index (χ0) is 14.6. The predicted molar refractivity (Wildman–Crippen MR) is 70.1 cm³/mol. The Morgan fingerprint density at radius 2 is 2.05 bits per heavy atom. The van der Waals surface area contributed by atoms with Gasteiger partial charge < -0.3 is 4.74 Å². The standard InChI is InChI=1S/C12H13N3O4S/c1-19-12(16)11(9-5-3-2-4-6-9)15-20(17,18)10-7-13-14-8-10/h2-8,11,15H,1H3,(H,13,14). The molecule has 1 unspecified atom stereocenters. The van der Waals surface area contributed by atoms with Gasteiger partial charge in [-0.15, -0.1) is 0 Å². The summed E-state index contributed by atoms with van der Waals surface area (Å²) in [6.07, 6.45) is 2.38. The van der Waals surface area contributed by atoms with E-state index in [-0.39, 0.29) is 4.90 Å². The van der Waals surface area contributed by atoms with Crippen LogP contribution in [-0.4, -0.2) is 31.7 Å². The average molecular weight is 295 g/mol. The Hall–Kier alpha value is -2.19. The summed E-state index contributed by atoms with van der Waals surface area (Å²) >= 11 is 0. The fourth-order valence-corrected chi connectivity index (χ4v) is 2.70. The fraction of sp³-hybridized carbons (Fsp3) is 0.167. The van der Waals surface area contributed by atoms with Crippen molar-refractivity contribution in [2.45, 2.75) is 10.9 Å². The molecule has 1 heterocycles. The summed E-state index contributed by atoms with van der Waals surface area (Å²) in [6, 6.07) is 7.34. The number of benzene rings is 1. The molecular weight excluding hydrogens is 282 g/mol.